The van der Waals surface area contributed by atoms with Crippen molar-refractivity contribution in [3.63, 3.8) is 0 Å². The zero-order chi connectivity index (χ0) is 16.5. The summed E-state index contributed by atoms with van der Waals surface area (Å²) in [5.74, 6) is 0.431. The number of amides is 1. The fourth-order valence-electron chi connectivity index (χ4n) is 1.93. The van der Waals surface area contributed by atoms with Crippen molar-refractivity contribution < 1.29 is 4.79 Å². The van der Waals surface area contributed by atoms with Gasteiger partial charge in [-0.15, -0.1) is 10.2 Å². The van der Waals surface area contributed by atoms with Crippen molar-refractivity contribution in [1.82, 2.24) is 15.5 Å². The quantitative estimate of drug-likeness (QED) is 0.529. The van der Waals surface area contributed by atoms with Crippen molar-refractivity contribution in [3.05, 3.63) is 29.8 Å². The maximum Gasteiger partial charge on any atom is 0.230 e. The lowest BCUT2D eigenvalue weighted by Crippen LogP contribution is -2.26. The van der Waals surface area contributed by atoms with Crippen molar-refractivity contribution in [2.75, 3.05) is 17.6 Å². The van der Waals surface area contributed by atoms with E-state index in [0.29, 0.717) is 5.75 Å². The number of nitrogens with one attached hydrogen (secondary N) is 2. The molecule has 2 rings (SSSR count). The molecule has 0 aliphatic heterocycles. The van der Waals surface area contributed by atoms with Gasteiger partial charge in [-0.05, 0) is 25.0 Å². The van der Waals surface area contributed by atoms with E-state index in [2.05, 4.69) is 27.8 Å². The summed E-state index contributed by atoms with van der Waals surface area (Å²) < 4.78 is 0.796. The first kappa shape index (κ1) is 17.7. The number of anilines is 2. The predicted molar refractivity (Wildman–Crippen MR) is 97.6 cm³/mol. The van der Waals surface area contributed by atoms with Gasteiger partial charge >= 0.3 is 0 Å². The molecule has 5 nitrogen and oxygen atoms in total. The summed E-state index contributed by atoms with van der Waals surface area (Å²) in [5, 5.41) is 15.2. The molecular weight excluding hydrogens is 328 g/mol. The third kappa shape index (κ3) is 6.19. The summed E-state index contributed by atoms with van der Waals surface area (Å²) in [7, 11) is 0. The number of rotatable bonds is 9. The van der Waals surface area contributed by atoms with E-state index in [1.165, 1.54) is 23.1 Å². The number of carbonyl (C=O) groups is 1. The van der Waals surface area contributed by atoms with E-state index in [9.17, 15) is 4.79 Å². The molecular formula is C16H22N4OS2. The second-order valence-corrected chi connectivity index (χ2v) is 7.36. The lowest BCUT2D eigenvalue weighted by atomic mass is 10.2. The Morgan fingerprint density at radius 3 is 2.87 bits per heavy atom. The first-order valence-electron chi connectivity index (χ1n) is 7.74. The van der Waals surface area contributed by atoms with E-state index in [4.69, 9.17) is 0 Å². The number of thioether (sulfide) groups is 1. The van der Waals surface area contributed by atoms with E-state index in [1.807, 2.05) is 31.2 Å². The number of nitrogens with zero attached hydrogens (tertiary/aromatic N) is 2. The Hall–Kier alpha value is -1.60. The smallest absolute Gasteiger partial charge is 0.230 e. The SMILES string of the molecule is CCCCCNC(=O)CSc1nnc(Nc2ccccc2C)s1. The van der Waals surface area contributed by atoms with Crippen molar-refractivity contribution in [3.8, 4) is 0 Å². The van der Waals surface area contributed by atoms with Gasteiger partial charge in [-0.25, -0.2) is 0 Å². The molecule has 0 aliphatic carbocycles. The van der Waals surface area contributed by atoms with Crippen LogP contribution in [0.1, 0.15) is 31.7 Å². The minimum atomic E-state index is 0.0507. The Bertz CT molecular complexity index is 630. The van der Waals surface area contributed by atoms with Crippen LogP contribution in [0.15, 0.2) is 28.6 Å². The molecule has 1 heterocycles. The standard InChI is InChI=1S/C16H22N4OS2/c1-3-4-7-10-17-14(21)11-22-16-20-19-15(23-16)18-13-9-6-5-8-12(13)2/h5-6,8-9H,3-4,7,10-11H2,1-2H3,(H,17,21)(H,18,19). The number of benzene rings is 1. The van der Waals surface area contributed by atoms with Gasteiger partial charge in [0, 0.05) is 12.2 Å². The number of aromatic nitrogens is 2. The number of hydrogen-bond donors (Lipinski definition) is 2. The van der Waals surface area contributed by atoms with E-state index >= 15 is 0 Å². The molecule has 0 atom stereocenters. The Labute approximate surface area is 145 Å². The minimum absolute atomic E-state index is 0.0507. The molecule has 1 aromatic heterocycles. The van der Waals surface area contributed by atoms with Gasteiger partial charge in [0.25, 0.3) is 0 Å². The van der Waals surface area contributed by atoms with Crippen molar-refractivity contribution in [2.24, 2.45) is 0 Å². The van der Waals surface area contributed by atoms with Gasteiger partial charge in [-0.2, -0.15) is 0 Å². The van der Waals surface area contributed by atoms with E-state index < -0.39 is 0 Å². The van der Waals surface area contributed by atoms with E-state index in [1.54, 1.807) is 0 Å². The van der Waals surface area contributed by atoms with Gasteiger partial charge < -0.3 is 10.6 Å². The van der Waals surface area contributed by atoms with Crippen LogP contribution in [0.5, 0.6) is 0 Å². The highest BCUT2D eigenvalue weighted by molar-refractivity contribution is 8.01. The van der Waals surface area contributed by atoms with Crippen LogP contribution < -0.4 is 10.6 Å². The summed E-state index contributed by atoms with van der Waals surface area (Å²) in [5.41, 5.74) is 2.18. The largest absolute Gasteiger partial charge is 0.355 e. The molecule has 0 spiro atoms. The highest BCUT2D eigenvalue weighted by Gasteiger charge is 2.08. The highest BCUT2D eigenvalue weighted by Crippen LogP contribution is 2.28. The number of para-hydroxylation sites is 1. The van der Waals surface area contributed by atoms with Crippen molar-refractivity contribution >= 4 is 39.8 Å². The summed E-state index contributed by atoms with van der Waals surface area (Å²) >= 11 is 2.88. The van der Waals surface area contributed by atoms with Crippen LogP contribution in [0.4, 0.5) is 10.8 Å². The fourth-order valence-corrected chi connectivity index (χ4v) is 3.52. The Kier molecular flexibility index (Phi) is 7.35. The molecule has 7 heteroatoms. The lowest BCUT2D eigenvalue weighted by Gasteiger charge is -2.04. The molecule has 2 N–H and O–H groups in total. The summed E-state index contributed by atoms with van der Waals surface area (Å²) in [6.45, 7) is 4.95. The average molecular weight is 351 g/mol. The number of carbonyl (C=O) groups excluding carboxylic acids is 1. The monoisotopic (exact) mass is 350 g/mol. The molecule has 0 radical (unpaired) electrons. The van der Waals surface area contributed by atoms with Crippen LogP contribution in [-0.2, 0) is 4.79 Å². The van der Waals surface area contributed by atoms with Gasteiger partial charge in [-0.1, -0.05) is 61.1 Å². The zero-order valence-electron chi connectivity index (χ0n) is 13.5. The molecule has 23 heavy (non-hydrogen) atoms. The number of unbranched alkanes of at least 4 members (excludes halogenated alkanes) is 2. The fraction of sp³-hybridized carbons (Fsp3) is 0.438. The molecule has 1 amide bonds. The van der Waals surface area contributed by atoms with Gasteiger partial charge in [0.05, 0.1) is 5.75 Å². The van der Waals surface area contributed by atoms with Crippen LogP contribution in [0.25, 0.3) is 0 Å². The predicted octanol–water partition coefficient (Wildman–Crippen LogP) is 3.99. The Morgan fingerprint density at radius 2 is 2.09 bits per heavy atom. The second-order valence-electron chi connectivity index (χ2n) is 5.16. The molecule has 0 saturated carbocycles. The van der Waals surface area contributed by atoms with Crippen LogP contribution in [0.3, 0.4) is 0 Å². The normalized spacial score (nSPS) is 10.5. The maximum atomic E-state index is 11.7. The highest BCUT2D eigenvalue weighted by atomic mass is 32.2. The molecule has 0 bridgehead atoms. The topological polar surface area (TPSA) is 66.9 Å². The van der Waals surface area contributed by atoms with E-state index in [-0.39, 0.29) is 5.91 Å². The van der Waals surface area contributed by atoms with Crippen molar-refractivity contribution in [1.29, 1.82) is 0 Å². The van der Waals surface area contributed by atoms with Crippen LogP contribution in [0.2, 0.25) is 0 Å². The number of hydrogen-bond acceptors (Lipinski definition) is 6. The second kappa shape index (κ2) is 9.52. The molecule has 124 valence electrons. The summed E-state index contributed by atoms with van der Waals surface area (Å²) in [4.78, 5) is 11.7. The Balaban J connectivity index is 1.76. The van der Waals surface area contributed by atoms with Gasteiger partial charge in [0.2, 0.25) is 11.0 Å². The zero-order valence-corrected chi connectivity index (χ0v) is 15.1. The first-order chi connectivity index (χ1) is 11.2. The third-order valence-corrected chi connectivity index (χ3v) is 5.19. The van der Waals surface area contributed by atoms with Gasteiger partial charge in [0.15, 0.2) is 4.34 Å². The minimum Gasteiger partial charge on any atom is -0.355 e. The molecule has 0 saturated heterocycles. The molecule has 2 aromatic rings. The van der Waals surface area contributed by atoms with Crippen LogP contribution >= 0.6 is 23.1 Å². The molecule has 0 unspecified atom stereocenters. The molecule has 0 fully saturated rings. The van der Waals surface area contributed by atoms with Crippen LogP contribution in [0, 0.1) is 6.92 Å². The number of aryl methyl sites for hydroxylation is 1. The van der Waals surface area contributed by atoms with Crippen LogP contribution in [-0.4, -0.2) is 28.4 Å². The van der Waals surface area contributed by atoms with Crippen molar-refractivity contribution in [2.45, 2.75) is 37.4 Å². The van der Waals surface area contributed by atoms with Gasteiger partial charge in [-0.3, -0.25) is 4.79 Å². The third-order valence-electron chi connectivity index (χ3n) is 3.22. The average Bonchev–Trinajstić information content (AvgIpc) is 2.99. The summed E-state index contributed by atoms with van der Waals surface area (Å²) in [6, 6.07) is 8.03. The van der Waals surface area contributed by atoms with Gasteiger partial charge in [0.1, 0.15) is 0 Å². The molecule has 1 aromatic carbocycles. The lowest BCUT2D eigenvalue weighted by molar-refractivity contribution is -0.118. The maximum absolute atomic E-state index is 11.7. The Morgan fingerprint density at radius 1 is 1.26 bits per heavy atom. The summed E-state index contributed by atoms with van der Waals surface area (Å²) in [6.07, 6.45) is 3.35. The first-order valence-corrected chi connectivity index (χ1v) is 9.55. The molecule has 0 aliphatic rings. The van der Waals surface area contributed by atoms with E-state index in [0.717, 1.165) is 46.5 Å².